The molecule has 0 spiro atoms. The van der Waals surface area contributed by atoms with E-state index < -0.39 is 0 Å². The highest BCUT2D eigenvalue weighted by atomic mass is 35.5. The monoisotopic (exact) mass is 192 g/mol. The van der Waals surface area contributed by atoms with Crippen LogP contribution in [0.4, 0.5) is 0 Å². The van der Waals surface area contributed by atoms with Crippen LogP contribution in [-0.4, -0.2) is 37.5 Å². The number of rotatable bonds is 1. The van der Waals surface area contributed by atoms with Crippen molar-refractivity contribution in [3.63, 3.8) is 0 Å². The van der Waals surface area contributed by atoms with Crippen LogP contribution in [0.1, 0.15) is 19.3 Å². The number of nitrogens with zero attached hydrogens (tertiary/aromatic N) is 1. The fraction of sp³-hybridized carbons (Fsp3) is 0.875. The van der Waals surface area contributed by atoms with Crippen molar-refractivity contribution in [3.05, 3.63) is 0 Å². The van der Waals surface area contributed by atoms with Gasteiger partial charge in [0.15, 0.2) is 0 Å². The smallest absolute Gasteiger partial charge is 0.209 e. The third-order valence-corrected chi connectivity index (χ3v) is 1.65. The highest BCUT2D eigenvalue weighted by Crippen LogP contribution is 2.14. The van der Waals surface area contributed by atoms with Crippen LogP contribution in [0.15, 0.2) is 0 Å². The third kappa shape index (κ3) is 6.43. The average Bonchev–Trinajstić information content (AvgIpc) is 2.92. The standard InChI is InChI=1S/C5H10N2O.C3H6.ClH/c8-5-7-3-1-6-2-4-7;1-2-3-1;/h5-6H,1-4H2;1-3H2;1H. The van der Waals surface area contributed by atoms with Crippen molar-refractivity contribution < 1.29 is 4.79 Å². The first-order chi connectivity index (χ1) is 5.43. The molecule has 3 nitrogen and oxygen atoms in total. The molecule has 2 fully saturated rings. The number of carbonyl (C=O) groups is 1. The van der Waals surface area contributed by atoms with E-state index in [2.05, 4.69) is 5.32 Å². The Kier molecular flexibility index (Phi) is 7.20. The zero-order valence-corrected chi connectivity index (χ0v) is 8.11. The molecule has 0 atom stereocenters. The second-order valence-electron chi connectivity index (χ2n) is 2.95. The average molecular weight is 193 g/mol. The number of hydrogen-bond acceptors (Lipinski definition) is 2. The van der Waals surface area contributed by atoms with E-state index in [1.165, 1.54) is 19.3 Å². The maximum atomic E-state index is 10.1. The Hall–Kier alpha value is -0.280. The molecule has 1 amide bonds. The zero-order valence-electron chi connectivity index (χ0n) is 7.29. The van der Waals surface area contributed by atoms with E-state index in [-0.39, 0.29) is 12.4 Å². The lowest BCUT2D eigenvalue weighted by Gasteiger charge is -2.22. The number of nitrogens with one attached hydrogen (secondary N) is 1. The summed E-state index contributed by atoms with van der Waals surface area (Å²) in [5, 5.41) is 3.15. The molecule has 2 aliphatic rings. The highest BCUT2D eigenvalue weighted by Gasteiger charge is 2.04. The fourth-order valence-corrected chi connectivity index (χ4v) is 0.788. The van der Waals surface area contributed by atoms with Crippen molar-refractivity contribution in [2.45, 2.75) is 19.3 Å². The van der Waals surface area contributed by atoms with E-state index in [4.69, 9.17) is 0 Å². The maximum Gasteiger partial charge on any atom is 0.209 e. The summed E-state index contributed by atoms with van der Waals surface area (Å²) >= 11 is 0. The van der Waals surface area contributed by atoms with Gasteiger partial charge < -0.3 is 10.2 Å². The predicted octanol–water partition coefficient (Wildman–Crippen LogP) is 0.640. The Labute approximate surface area is 79.9 Å². The van der Waals surface area contributed by atoms with Crippen LogP contribution in [0.2, 0.25) is 0 Å². The molecule has 0 aromatic heterocycles. The molecule has 0 bridgehead atoms. The largest absolute Gasteiger partial charge is 0.343 e. The first-order valence-electron chi connectivity index (χ1n) is 4.33. The summed E-state index contributed by atoms with van der Waals surface area (Å²) in [4.78, 5) is 11.8. The van der Waals surface area contributed by atoms with Gasteiger partial charge >= 0.3 is 0 Å². The maximum absolute atomic E-state index is 10.1. The number of hydrogen-bond donors (Lipinski definition) is 1. The minimum absolute atomic E-state index is 0. The van der Waals surface area contributed by atoms with E-state index >= 15 is 0 Å². The van der Waals surface area contributed by atoms with Gasteiger partial charge in [0.2, 0.25) is 6.41 Å². The van der Waals surface area contributed by atoms with Crippen molar-refractivity contribution in [2.24, 2.45) is 0 Å². The molecule has 1 heterocycles. The van der Waals surface area contributed by atoms with Gasteiger partial charge in [0.25, 0.3) is 0 Å². The first kappa shape index (κ1) is 11.7. The zero-order chi connectivity index (χ0) is 7.94. The van der Waals surface area contributed by atoms with Gasteiger partial charge in [0.05, 0.1) is 0 Å². The second-order valence-corrected chi connectivity index (χ2v) is 2.95. The molecule has 0 unspecified atom stereocenters. The van der Waals surface area contributed by atoms with E-state index in [1.54, 1.807) is 4.90 Å². The van der Waals surface area contributed by atoms with Crippen LogP contribution in [0.3, 0.4) is 0 Å². The Morgan fingerprint density at radius 1 is 1.08 bits per heavy atom. The van der Waals surface area contributed by atoms with Crippen molar-refractivity contribution in [1.29, 1.82) is 0 Å². The van der Waals surface area contributed by atoms with E-state index in [0.29, 0.717) is 0 Å². The molecular weight excluding hydrogens is 176 g/mol. The number of piperazine rings is 1. The van der Waals surface area contributed by atoms with Gasteiger partial charge in [0.1, 0.15) is 0 Å². The normalized spacial score (nSPS) is 19.8. The molecule has 1 N–H and O–H groups in total. The van der Waals surface area contributed by atoms with Crippen LogP contribution in [0, 0.1) is 0 Å². The van der Waals surface area contributed by atoms with Gasteiger partial charge in [-0.1, -0.05) is 19.3 Å². The fourth-order valence-electron chi connectivity index (χ4n) is 0.788. The molecule has 1 saturated heterocycles. The van der Waals surface area contributed by atoms with E-state index in [1.807, 2.05) is 0 Å². The van der Waals surface area contributed by atoms with Crippen molar-refractivity contribution in [2.75, 3.05) is 26.2 Å². The molecule has 12 heavy (non-hydrogen) atoms. The van der Waals surface area contributed by atoms with Crippen LogP contribution < -0.4 is 5.32 Å². The summed E-state index contributed by atoms with van der Waals surface area (Å²) in [6.45, 7) is 3.62. The Morgan fingerprint density at radius 3 is 1.83 bits per heavy atom. The second kappa shape index (κ2) is 7.37. The summed E-state index contributed by atoms with van der Waals surface area (Å²) < 4.78 is 0. The number of carbonyl (C=O) groups excluding carboxylic acids is 1. The molecule has 1 aliphatic heterocycles. The lowest BCUT2D eigenvalue weighted by molar-refractivity contribution is -0.118. The van der Waals surface area contributed by atoms with Gasteiger partial charge in [-0.25, -0.2) is 0 Å². The van der Waals surface area contributed by atoms with Crippen LogP contribution in [-0.2, 0) is 4.79 Å². The lowest BCUT2D eigenvalue weighted by Crippen LogP contribution is -2.42. The minimum atomic E-state index is 0. The quantitative estimate of drug-likeness (QED) is 0.619. The third-order valence-electron chi connectivity index (χ3n) is 1.65. The predicted molar refractivity (Wildman–Crippen MR) is 51.6 cm³/mol. The van der Waals surface area contributed by atoms with Gasteiger partial charge in [-0.05, 0) is 0 Å². The highest BCUT2D eigenvalue weighted by molar-refractivity contribution is 5.85. The lowest BCUT2D eigenvalue weighted by atomic mass is 10.4. The van der Waals surface area contributed by atoms with Gasteiger partial charge in [0, 0.05) is 26.2 Å². The molecule has 4 heteroatoms. The summed E-state index contributed by atoms with van der Waals surface area (Å²) in [6.07, 6.45) is 5.40. The molecule has 2 rings (SSSR count). The summed E-state index contributed by atoms with van der Waals surface area (Å²) in [7, 11) is 0. The molecule has 0 radical (unpaired) electrons. The molecule has 72 valence electrons. The van der Waals surface area contributed by atoms with Crippen LogP contribution in [0.5, 0.6) is 0 Å². The van der Waals surface area contributed by atoms with Crippen molar-refractivity contribution in [1.82, 2.24) is 10.2 Å². The molecule has 0 aromatic carbocycles. The SMILES string of the molecule is C1CC1.Cl.O=CN1CCNCC1. The van der Waals surface area contributed by atoms with Crippen molar-refractivity contribution >= 4 is 18.8 Å². The van der Waals surface area contributed by atoms with Crippen LogP contribution >= 0.6 is 12.4 Å². The Morgan fingerprint density at radius 2 is 1.58 bits per heavy atom. The van der Waals surface area contributed by atoms with Crippen LogP contribution in [0.25, 0.3) is 0 Å². The Balaban J connectivity index is 0.000000257. The molecular formula is C8H17ClN2O. The number of halogens is 1. The first-order valence-corrected chi connectivity index (χ1v) is 4.33. The number of amides is 1. The summed E-state index contributed by atoms with van der Waals surface area (Å²) in [5.41, 5.74) is 0. The molecule has 0 aromatic rings. The summed E-state index contributed by atoms with van der Waals surface area (Å²) in [5.74, 6) is 0. The van der Waals surface area contributed by atoms with E-state index in [9.17, 15) is 4.79 Å². The van der Waals surface area contributed by atoms with E-state index in [0.717, 1.165) is 32.6 Å². The van der Waals surface area contributed by atoms with Gasteiger partial charge in [-0.3, -0.25) is 4.79 Å². The topological polar surface area (TPSA) is 32.3 Å². The molecule has 1 saturated carbocycles. The van der Waals surface area contributed by atoms with Crippen molar-refractivity contribution in [3.8, 4) is 0 Å². The van der Waals surface area contributed by atoms with Gasteiger partial charge in [-0.15, -0.1) is 12.4 Å². The summed E-state index contributed by atoms with van der Waals surface area (Å²) in [6, 6.07) is 0. The molecule has 1 aliphatic carbocycles. The van der Waals surface area contributed by atoms with Gasteiger partial charge in [-0.2, -0.15) is 0 Å². The minimum Gasteiger partial charge on any atom is -0.343 e. The Bertz CT molecular complexity index is 111.